The molecular formula is C6H12N2O3S. The SMILES string of the molecule is CCCCCNC(=O)N=S(=O)=O. The van der Waals surface area contributed by atoms with Crippen molar-refractivity contribution in [3.63, 3.8) is 0 Å². The normalized spacial score (nSPS) is 9.08. The van der Waals surface area contributed by atoms with E-state index in [1.165, 1.54) is 0 Å². The topological polar surface area (TPSA) is 75.6 Å². The molecular weight excluding hydrogens is 180 g/mol. The van der Waals surface area contributed by atoms with Crippen LogP contribution in [0, 0.1) is 0 Å². The van der Waals surface area contributed by atoms with Gasteiger partial charge < -0.3 is 5.32 Å². The number of nitrogens with one attached hydrogen (secondary N) is 1. The Hall–Kier alpha value is -0.910. The second-order valence-corrected chi connectivity index (χ2v) is 2.86. The summed E-state index contributed by atoms with van der Waals surface area (Å²) in [5.41, 5.74) is 0. The van der Waals surface area contributed by atoms with Crippen LogP contribution in [0.1, 0.15) is 26.2 Å². The van der Waals surface area contributed by atoms with E-state index in [4.69, 9.17) is 0 Å². The predicted octanol–water partition coefficient (Wildman–Crippen LogP) is 0.949. The Labute approximate surface area is 72.9 Å². The standard InChI is InChI=1S/C6H12N2O3S/c1-2-3-4-5-7-6(9)8-12(10)11/h2-5H2,1H3,(H,7,9). The lowest BCUT2D eigenvalue weighted by molar-refractivity contribution is 0.249. The third kappa shape index (κ3) is 7.20. The molecule has 0 aliphatic carbocycles. The molecule has 1 N–H and O–H groups in total. The highest BCUT2D eigenvalue weighted by Crippen LogP contribution is 1.90. The molecule has 12 heavy (non-hydrogen) atoms. The van der Waals surface area contributed by atoms with Crippen LogP contribution >= 0.6 is 0 Å². The first-order valence-corrected chi connectivity index (χ1v) is 4.79. The summed E-state index contributed by atoms with van der Waals surface area (Å²) in [7, 11) is -2.64. The Kier molecular flexibility index (Phi) is 6.26. The van der Waals surface area contributed by atoms with Gasteiger partial charge in [0.25, 0.3) is 0 Å². The maximum absolute atomic E-state index is 10.5. The second-order valence-electron chi connectivity index (χ2n) is 2.25. The summed E-state index contributed by atoms with van der Waals surface area (Å²) >= 11 is 0. The number of carbonyl (C=O) groups is 1. The smallest absolute Gasteiger partial charge is 0.335 e. The molecule has 0 atom stereocenters. The van der Waals surface area contributed by atoms with E-state index in [0.29, 0.717) is 6.54 Å². The summed E-state index contributed by atoms with van der Waals surface area (Å²) in [5.74, 6) is 0. The van der Waals surface area contributed by atoms with Crippen molar-refractivity contribution in [1.29, 1.82) is 0 Å². The summed E-state index contributed by atoms with van der Waals surface area (Å²) in [6.07, 6.45) is 2.92. The van der Waals surface area contributed by atoms with Gasteiger partial charge in [-0.2, -0.15) is 8.42 Å². The molecule has 0 spiro atoms. The molecule has 0 aromatic rings. The fourth-order valence-electron chi connectivity index (χ4n) is 0.670. The van der Waals surface area contributed by atoms with Crippen molar-refractivity contribution < 1.29 is 13.2 Å². The van der Waals surface area contributed by atoms with Crippen LogP contribution in [0.2, 0.25) is 0 Å². The average Bonchev–Trinajstić information content (AvgIpc) is 1.97. The highest BCUT2D eigenvalue weighted by molar-refractivity contribution is 7.62. The van der Waals surface area contributed by atoms with Gasteiger partial charge in [-0.1, -0.05) is 24.1 Å². The van der Waals surface area contributed by atoms with Gasteiger partial charge in [0.1, 0.15) is 0 Å². The minimum atomic E-state index is -2.64. The fourth-order valence-corrected chi connectivity index (χ4v) is 0.870. The number of carbonyl (C=O) groups excluding carboxylic acids is 1. The zero-order valence-corrected chi connectivity index (χ0v) is 7.73. The third-order valence-electron chi connectivity index (χ3n) is 1.21. The summed E-state index contributed by atoms with van der Waals surface area (Å²) < 4.78 is 22.5. The van der Waals surface area contributed by atoms with Crippen molar-refractivity contribution in [3.8, 4) is 0 Å². The van der Waals surface area contributed by atoms with Crippen LogP contribution in [0.25, 0.3) is 0 Å². The van der Waals surface area contributed by atoms with Crippen LogP contribution in [0.3, 0.4) is 0 Å². The lowest BCUT2D eigenvalue weighted by Crippen LogP contribution is -2.20. The molecule has 0 heterocycles. The zero-order valence-electron chi connectivity index (χ0n) is 6.91. The van der Waals surface area contributed by atoms with E-state index < -0.39 is 16.5 Å². The largest absolute Gasteiger partial charge is 0.355 e. The second kappa shape index (κ2) is 6.78. The monoisotopic (exact) mass is 192 g/mol. The molecule has 0 unspecified atom stereocenters. The minimum absolute atomic E-state index is 0.480. The maximum atomic E-state index is 10.5. The molecule has 0 saturated carbocycles. The maximum Gasteiger partial charge on any atom is 0.355 e. The Balaban J connectivity index is 3.52. The van der Waals surface area contributed by atoms with Gasteiger partial charge in [0.2, 0.25) is 0 Å². The van der Waals surface area contributed by atoms with E-state index in [-0.39, 0.29) is 0 Å². The molecule has 0 fully saturated rings. The van der Waals surface area contributed by atoms with Crippen molar-refractivity contribution in [2.45, 2.75) is 26.2 Å². The van der Waals surface area contributed by atoms with Gasteiger partial charge in [-0.15, -0.1) is 0 Å². The molecule has 0 rings (SSSR count). The van der Waals surface area contributed by atoms with Gasteiger partial charge in [0.05, 0.1) is 0 Å². The van der Waals surface area contributed by atoms with Crippen molar-refractivity contribution in [1.82, 2.24) is 5.32 Å². The molecule has 0 aliphatic heterocycles. The molecule has 0 bridgehead atoms. The number of amides is 2. The average molecular weight is 192 g/mol. The Morgan fingerprint density at radius 3 is 2.58 bits per heavy atom. The third-order valence-corrected chi connectivity index (χ3v) is 1.53. The van der Waals surface area contributed by atoms with E-state index in [1.54, 1.807) is 0 Å². The quantitative estimate of drug-likeness (QED) is 0.674. The Morgan fingerprint density at radius 2 is 2.08 bits per heavy atom. The molecule has 2 amide bonds. The van der Waals surface area contributed by atoms with Crippen molar-refractivity contribution in [2.24, 2.45) is 4.36 Å². The minimum Gasteiger partial charge on any atom is -0.335 e. The number of nitrogens with zero attached hydrogens (tertiary/aromatic N) is 1. The van der Waals surface area contributed by atoms with Crippen LogP contribution in [0.5, 0.6) is 0 Å². The van der Waals surface area contributed by atoms with Crippen molar-refractivity contribution in [3.05, 3.63) is 0 Å². The highest BCUT2D eigenvalue weighted by Gasteiger charge is 1.95. The van der Waals surface area contributed by atoms with E-state index in [1.807, 2.05) is 6.92 Å². The molecule has 0 aromatic carbocycles. The molecule has 0 aliphatic rings. The molecule has 0 aromatic heterocycles. The molecule has 0 radical (unpaired) electrons. The first-order valence-electron chi connectivity index (χ1n) is 3.75. The zero-order chi connectivity index (χ0) is 9.40. The summed E-state index contributed by atoms with van der Waals surface area (Å²) in [4.78, 5) is 10.5. The number of unbranched alkanes of at least 4 members (excludes halogenated alkanes) is 2. The van der Waals surface area contributed by atoms with Gasteiger partial charge in [-0.25, -0.2) is 4.79 Å². The predicted molar refractivity (Wildman–Crippen MR) is 44.3 cm³/mol. The van der Waals surface area contributed by atoms with Crippen LogP contribution in [-0.2, 0) is 10.5 Å². The van der Waals surface area contributed by atoms with Gasteiger partial charge in [-0.3, -0.25) is 0 Å². The molecule has 5 nitrogen and oxygen atoms in total. The van der Waals surface area contributed by atoms with Crippen LogP contribution < -0.4 is 5.32 Å². The Bertz CT molecular complexity index is 250. The summed E-state index contributed by atoms with van der Waals surface area (Å²) in [5, 5.41) is 2.35. The lowest BCUT2D eigenvalue weighted by atomic mass is 10.2. The van der Waals surface area contributed by atoms with Crippen LogP contribution in [0.15, 0.2) is 4.36 Å². The molecule has 70 valence electrons. The molecule has 0 saturated heterocycles. The molecule has 6 heteroatoms. The van der Waals surface area contributed by atoms with Gasteiger partial charge in [0, 0.05) is 6.54 Å². The summed E-state index contributed by atoms with van der Waals surface area (Å²) in [6, 6.07) is -0.792. The Morgan fingerprint density at radius 1 is 1.42 bits per heavy atom. The number of hydrogen-bond acceptors (Lipinski definition) is 3. The fraction of sp³-hybridized carbons (Fsp3) is 0.833. The highest BCUT2D eigenvalue weighted by atomic mass is 32.2. The van der Waals surface area contributed by atoms with Crippen molar-refractivity contribution in [2.75, 3.05) is 6.54 Å². The van der Waals surface area contributed by atoms with Crippen LogP contribution in [-0.4, -0.2) is 21.0 Å². The number of rotatable bonds is 4. The van der Waals surface area contributed by atoms with Gasteiger partial charge in [0.15, 0.2) is 0 Å². The van der Waals surface area contributed by atoms with Gasteiger partial charge >= 0.3 is 16.5 Å². The van der Waals surface area contributed by atoms with E-state index in [9.17, 15) is 13.2 Å². The summed E-state index contributed by atoms with van der Waals surface area (Å²) in [6.45, 7) is 2.52. The first-order chi connectivity index (χ1) is 5.66. The van der Waals surface area contributed by atoms with Gasteiger partial charge in [-0.05, 0) is 6.42 Å². The lowest BCUT2D eigenvalue weighted by Gasteiger charge is -1.97. The van der Waals surface area contributed by atoms with Crippen molar-refractivity contribution >= 4 is 16.5 Å². The van der Waals surface area contributed by atoms with E-state index >= 15 is 0 Å². The number of urea groups is 1. The van der Waals surface area contributed by atoms with E-state index in [2.05, 4.69) is 9.68 Å². The number of hydrogen-bond donors (Lipinski definition) is 1. The van der Waals surface area contributed by atoms with Crippen LogP contribution in [0.4, 0.5) is 4.79 Å². The van der Waals surface area contributed by atoms with E-state index in [0.717, 1.165) is 19.3 Å². The first kappa shape index (κ1) is 11.1.